The fourth-order valence-corrected chi connectivity index (χ4v) is 4.63. The molecular formula is C18H18N2O2S. The van der Waals surface area contributed by atoms with Gasteiger partial charge in [0.05, 0.1) is 21.8 Å². The molecule has 3 rings (SSSR count). The van der Waals surface area contributed by atoms with Crippen LogP contribution in [0.5, 0.6) is 0 Å². The summed E-state index contributed by atoms with van der Waals surface area (Å²) in [5.41, 5.74) is 2.52. The Morgan fingerprint density at radius 2 is 1.43 bits per heavy atom. The highest BCUT2D eigenvalue weighted by molar-refractivity contribution is 7.92. The summed E-state index contributed by atoms with van der Waals surface area (Å²) in [6.45, 7) is 1.51. The highest BCUT2D eigenvalue weighted by Gasteiger charge is 2.28. The molecule has 0 aromatic heterocycles. The Hall–Kier alpha value is -2.16. The number of nitrogens with one attached hydrogen (secondary N) is 1. The van der Waals surface area contributed by atoms with E-state index in [0.717, 1.165) is 24.2 Å². The standard InChI is InChI=1S/C18H18N2O2S/c19-13-14-1-3-15(4-2-14)16-5-7-17(8-6-16)23(21,22)18-9-11-20-12-10-18/h1-8,18,20H,9-12H2. The van der Waals surface area contributed by atoms with E-state index in [4.69, 9.17) is 5.26 Å². The summed E-state index contributed by atoms with van der Waals surface area (Å²) >= 11 is 0. The van der Waals surface area contributed by atoms with E-state index in [1.807, 2.05) is 24.3 Å². The van der Waals surface area contributed by atoms with Gasteiger partial charge in [0, 0.05) is 0 Å². The van der Waals surface area contributed by atoms with E-state index in [1.165, 1.54) is 0 Å². The third kappa shape index (κ3) is 3.29. The quantitative estimate of drug-likeness (QED) is 0.941. The Bertz CT molecular complexity index is 813. The van der Waals surface area contributed by atoms with Gasteiger partial charge in [-0.15, -0.1) is 0 Å². The molecule has 1 saturated heterocycles. The van der Waals surface area contributed by atoms with E-state index in [-0.39, 0.29) is 5.25 Å². The largest absolute Gasteiger partial charge is 0.317 e. The van der Waals surface area contributed by atoms with E-state index in [0.29, 0.717) is 23.3 Å². The lowest BCUT2D eigenvalue weighted by Crippen LogP contribution is -2.35. The van der Waals surface area contributed by atoms with Gasteiger partial charge in [-0.05, 0) is 61.3 Å². The van der Waals surface area contributed by atoms with Crippen molar-refractivity contribution in [2.75, 3.05) is 13.1 Å². The molecule has 23 heavy (non-hydrogen) atoms. The van der Waals surface area contributed by atoms with Gasteiger partial charge in [0.15, 0.2) is 9.84 Å². The van der Waals surface area contributed by atoms with Gasteiger partial charge >= 0.3 is 0 Å². The van der Waals surface area contributed by atoms with Gasteiger partial charge in [0.2, 0.25) is 0 Å². The lowest BCUT2D eigenvalue weighted by atomic mass is 10.0. The Morgan fingerprint density at radius 1 is 0.913 bits per heavy atom. The molecule has 2 aromatic rings. The van der Waals surface area contributed by atoms with E-state index in [9.17, 15) is 8.42 Å². The van der Waals surface area contributed by atoms with Gasteiger partial charge in [0.1, 0.15) is 0 Å². The molecule has 0 radical (unpaired) electrons. The topological polar surface area (TPSA) is 70.0 Å². The van der Waals surface area contributed by atoms with Gasteiger partial charge in [-0.2, -0.15) is 5.26 Å². The zero-order valence-corrected chi connectivity index (χ0v) is 13.5. The minimum Gasteiger partial charge on any atom is -0.317 e. The van der Waals surface area contributed by atoms with Crippen LogP contribution in [0, 0.1) is 11.3 Å². The van der Waals surface area contributed by atoms with Crippen LogP contribution < -0.4 is 5.32 Å². The van der Waals surface area contributed by atoms with Crippen LogP contribution in [-0.4, -0.2) is 26.8 Å². The molecule has 1 aliphatic heterocycles. The maximum Gasteiger partial charge on any atom is 0.181 e. The highest BCUT2D eigenvalue weighted by atomic mass is 32.2. The Labute approximate surface area is 136 Å². The van der Waals surface area contributed by atoms with Crippen LogP contribution in [0.1, 0.15) is 18.4 Å². The summed E-state index contributed by atoms with van der Waals surface area (Å²) in [6, 6.07) is 16.4. The molecule has 0 bridgehead atoms. The van der Waals surface area contributed by atoms with Crippen molar-refractivity contribution in [3.8, 4) is 17.2 Å². The Morgan fingerprint density at radius 3 is 1.96 bits per heavy atom. The van der Waals surface area contributed by atoms with Crippen molar-refractivity contribution in [3.05, 3.63) is 54.1 Å². The third-order valence-electron chi connectivity index (χ3n) is 4.26. The number of benzene rings is 2. The predicted molar refractivity (Wildman–Crippen MR) is 89.7 cm³/mol. The number of nitrogens with zero attached hydrogens (tertiary/aromatic N) is 1. The highest BCUT2D eigenvalue weighted by Crippen LogP contribution is 2.26. The number of hydrogen-bond donors (Lipinski definition) is 1. The smallest absolute Gasteiger partial charge is 0.181 e. The van der Waals surface area contributed by atoms with Crippen molar-refractivity contribution in [2.45, 2.75) is 23.0 Å². The van der Waals surface area contributed by atoms with Gasteiger partial charge in [-0.25, -0.2) is 8.42 Å². The molecule has 0 saturated carbocycles. The van der Waals surface area contributed by atoms with Crippen LogP contribution in [0.4, 0.5) is 0 Å². The van der Waals surface area contributed by atoms with E-state index in [2.05, 4.69) is 11.4 Å². The monoisotopic (exact) mass is 326 g/mol. The summed E-state index contributed by atoms with van der Waals surface area (Å²) < 4.78 is 25.3. The molecule has 1 N–H and O–H groups in total. The molecular weight excluding hydrogens is 308 g/mol. The molecule has 0 aliphatic carbocycles. The molecule has 0 unspecified atom stereocenters. The summed E-state index contributed by atoms with van der Waals surface area (Å²) in [5, 5.41) is 11.7. The van der Waals surface area contributed by atoms with Gasteiger partial charge < -0.3 is 5.32 Å². The number of rotatable bonds is 3. The van der Waals surface area contributed by atoms with Crippen LogP contribution in [-0.2, 0) is 9.84 Å². The maximum atomic E-state index is 12.7. The van der Waals surface area contributed by atoms with E-state index < -0.39 is 9.84 Å². The van der Waals surface area contributed by atoms with Crippen molar-refractivity contribution < 1.29 is 8.42 Å². The van der Waals surface area contributed by atoms with Crippen molar-refractivity contribution in [1.29, 1.82) is 5.26 Å². The van der Waals surface area contributed by atoms with Gasteiger partial charge in [0.25, 0.3) is 0 Å². The minimum absolute atomic E-state index is 0.287. The molecule has 4 nitrogen and oxygen atoms in total. The summed E-state index contributed by atoms with van der Waals surface area (Å²) in [5.74, 6) is 0. The lowest BCUT2D eigenvalue weighted by Gasteiger charge is -2.22. The summed E-state index contributed by atoms with van der Waals surface area (Å²) in [7, 11) is -3.25. The fraction of sp³-hybridized carbons (Fsp3) is 0.278. The van der Waals surface area contributed by atoms with Crippen molar-refractivity contribution in [1.82, 2.24) is 5.32 Å². The number of nitriles is 1. The predicted octanol–water partition coefficient (Wildman–Crippen LogP) is 2.75. The zero-order valence-electron chi connectivity index (χ0n) is 12.7. The second-order valence-electron chi connectivity index (χ2n) is 5.71. The van der Waals surface area contributed by atoms with Crippen LogP contribution in [0.3, 0.4) is 0 Å². The zero-order chi connectivity index (χ0) is 16.3. The van der Waals surface area contributed by atoms with Crippen LogP contribution in [0.15, 0.2) is 53.4 Å². The molecule has 1 fully saturated rings. The van der Waals surface area contributed by atoms with Crippen molar-refractivity contribution >= 4 is 9.84 Å². The van der Waals surface area contributed by atoms with Crippen LogP contribution >= 0.6 is 0 Å². The summed E-state index contributed by atoms with van der Waals surface area (Å²) in [6.07, 6.45) is 1.33. The Balaban J connectivity index is 1.85. The summed E-state index contributed by atoms with van der Waals surface area (Å²) in [4.78, 5) is 0.391. The van der Waals surface area contributed by atoms with Crippen LogP contribution in [0.2, 0.25) is 0 Å². The normalized spacial score (nSPS) is 16.0. The maximum absolute atomic E-state index is 12.7. The lowest BCUT2D eigenvalue weighted by molar-refractivity contribution is 0.496. The first-order chi connectivity index (χ1) is 11.1. The average Bonchev–Trinajstić information content (AvgIpc) is 2.63. The van der Waals surface area contributed by atoms with E-state index in [1.54, 1.807) is 24.3 Å². The Kier molecular flexibility index (Phi) is 4.46. The van der Waals surface area contributed by atoms with Crippen LogP contribution in [0.25, 0.3) is 11.1 Å². The fourth-order valence-electron chi connectivity index (χ4n) is 2.87. The molecule has 0 spiro atoms. The molecule has 2 aromatic carbocycles. The van der Waals surface area contributed by atoms with Gasteiger partial charge in [-0.1, -0.05) is 24.3 Å². The van der Waals surface area contributed by atoms with Gasteiger partial charge in [-0.3, -0.25) is 0 Å². The molecule has 1 aliphatic rings. The second kappa shape index (κ2) is 6.53. The molecule has 0 amide bonds. The number of hydrogen-bond acceptors (Lipinski definition) is 4. The third-order valence-corrected chi connectivity index (χ3v) is 6.53. The second-order valence-corrected chi connectivity index (χ2v) is 7.94. The number of piperidine rings is 1. The molecule has 0 atom stereocenters. The first-order valence-electron chi connectivity index (χ1n) is 7.66. The minimum atomic E-state index is -3.25. The molecule has 5 heteroatoms. The number of sulfone groups is 1. The van der Waals surface area contributed by atoms with Crippen molar-refractivity contribution in [3.63, 3.8) is 0 Å². The molecule has 118 valence electrons. The molecule has 1 heterocycles. The first kappa shape index (κ1) is 15.7. The first-order valence-corrected chi connectivity index (χ1v) is 9.21. The SMILES string of the molecule is N#Cc1ccc(-c2ccc(S(=O)(=O)C3CCNCC3)cc2)cc1. The van der Waals surface area contributed by atoms with Crippen molar-refractivity contribution in [2.24, 2.45) is 0 Å². The van der Waals surface area contributed by atoms with E-state index >= 15 is 0 Å². The average molecular weight is 326 g/mol.